The van der Waals surface area contributed by atoms with Gasteiger partial charge in [0.15, 0.2) is 0 Å². The van der Waals surface area contributed by atoms with Gasteiger partial charge in [-0.05, 0) is 18.4 Å². The van der Waals surface area contributed by atoms with E-state index in [4.69, 9.17) is 0 Å². The molecule has 1 fully saturated rings. The number of hydrogen-bond acceptors (Lipinski definition) is 3. The molecule has 0 aromatic heterocycles. The van der Waals surface area contributed by atoms with Crippen molar-refractivity contribution in [3.8, 4) is 0 Å². The van der Waals surface area contributed by atoms with Crippen LogP contribution in [0.2, 0.25) is 0 Å². The van der Waals surface area contributed by atoms with E-state index in [-0.39, 0.29) is 24.9 Å². The van der Waals surface area contributed by atoms with Gasteiger partial charge in [0.2, 0.25) is 5.91 Å². The number of rotatable bonds is 6. The van der Waals surface area contributed by atoms with Gasteiger partial charge in [0.25, 0.3) is 0 Å². The van der Waals surface area contributed by atoms with Crippen LogP contribution in [0.5, 0.6) is 0 Å². The van der Waals surface area contributed by atoms with Gasteiger partial charge in [-0.25, -0.2) is 0 Å². The fourth-order valence-electron chi connectivity index (χ4n) is 1.59. The maximum absolute atomic E-state index is 11.4. The van der Waals surface area contributed by atoms with E-state index in [1.165, 1.54) is 12.8 Å². The maximum atomic E-state index is 11.4. The van der Waals surface area contributed by atoms with Crippen LogP contribution >= 0.6 is 12.4 Å². The summed E-state index contributed by atoms with van der Waals surface area (Å²) >= 11 is 0. The molecule has 1 aromatic carbocycles. The smallest absolute Gasteiger partial charge is 0.234 e. The van der Waals surface area contributed by atoms with E-state index >= 15 is 0 Å². The molecule has 0 radical (unpaired) electrons. The van der Waals surface area contributed by atoms with Crippen molar-refractivity contribution in [3.63, 3.8) is 0 Å². The number of carbonyl (C=O) groups is 1. The number of amides is 1. The van der Waals surface area contributed by atoms with Crippen LogP contribution in [0.1, 0.15) is 24.5 Å². The van der Waals surface area contributed by atoms with Crippen molar-refractivity contribution in [2.75, 3.05) is 13.1 Å². The lowest BCUT2D eigenvalue weighted by Crippen LogP contribution is -2.36. The zero-order valence-electron chi connectivity index (χ0n) is 10.1. The van der Waals surface area contributed by atoms with Crippen molar-refractivity contribution >= 4 is 18.3 Å². The highest BCUT2D eigenvalue weighted by Gasteiger charge is 2.21. The van der Waals surface area contributed by atoms with Crippen molar-refractivity contribution in [2.24, 2.45) is 0 Å². The first-order valence-electron chi connectivity index (χ1n) is 5.99. The fraction of sp³-hybridized carbons (Fsp3) is 0.462. The molecule has 1 unspecified atom stereocenters. The minimum absolute atomic E-state index is 0. The Morgan fingerprint density at radius 3 is 2.61 bits per heavy atom. The highest BCUT2D eigenvalue weighted by molar-refractivity contribution is 5.85. The lowest BCUT2D eigenvalue weighted by Gasteiger charge is -2.12. The Balaban J connectivity index is 0.00000162. The molecule has 3 N–H and O–H groups in total. The van der Waals surface area contributed by atoms with Crippen LogP contribution in [0.25, 0.3) is 0 Å². The van der Waals surface area contributed by atoms with E-state index in [9.17, 15) is 9.90 Å². The van der Waals surface area contributed by atoms with E-state index in [2.05, 4.69) is 10.6 Å². The molecule has 18 heavy (non-hydrogen) atoms. The summed E-state index contributed by atoms with van der Waals surface area (Å²) in [5.74, 6) is -0.0631. The molecule has 0 heterocycles. The van der Waals surface area contributed by atoms with Crippen molar-refractivity contribution in [1.29, 1.82) is 0 Å². The second kappa shape index (κ2) is 7.36. The second-order valence-corrected chi connectivity index (χ2v) is 4.39. The lowest BCUT2D eigenvalue weighted by molar-refractivity contribution is -0.120. The van der Waals surface area contributed by atoms with Crippen molar-refractivity contribution < 1.29 is 9.90 Å². The molecule has 4 nitrogen and oxygen atoms in total. The molecule has 1 aliphatic rings. The average molecular weight is 271 g/mol. The highest BCUT2D eigenvalue weighted by Crippen LogP contribution is 2.17. The third-order valence-corrected chi connectivity index (χ3v) is 2.81. The summed E-state index contributed by atoms with van der Waals surface area (Å²) < 4.78 is 0. The average Bonchev–Trinajstić information content (AvgIpc) is 3.18. The Labute approximate surface area is 113 Å². The number of aliphatic hydroxyl groups is 1. The van der Waals surface area contributed by atoms with E-state index in [0.29, 0.717) is 12.6 Å². The molecule has 100 valence electrons. The first kappa shape index (κ1) is 15.0. The quantitative estimate of drug-likeness (QED) is 0.723. The van der Waals surface area contributed by atoms with Crippen molar-refractivity contribution in [2.45, 2.75) is 25.0 Å². The molecule has 1 atom stereocenters. The highest BCUT2D eigenvalue weighted by atomic mass is 35.5. The Morgan fingerprint density at radius 1 is 1.33 bits per heavy atom. The molecule has 1 saturated carbocycles. The van der Waals surface area contributed by atoms with Gasteiger partial charge in [-0.3, -0.25) is 4.79 Å². The molecule has 2 rings (SSSR count). The van der Waals surface area contributed by atoms with Gasteiger partial charge in [0, 0.05) is 12.6 Å². The van der Waals surface area contributed by atoms with Gasteiger partial charge in [-0.1, -0.05) is 30.3 Å². The third kappa shape index (κ3) is 5.04. The summed E-state index contributed by atoms with van der Waals surface area (Å²) in [7, 11) is 0. The van der Waals surface area contributed by atoms with E-state index in [1.54, 1.807) is 0 Å². The van der Waals surface area contributed by atoms with Crippen LogP contribution in [0.3, 0.4) is 0 Å². The lowest BCUT2D eigenvalue weighted by atomic mass is 10.1. The molecule has 0 aliphatic heterocycles. The third-order valence-electron chi connectivity index (χ3n) is 2.81. The van der Waals surface area contributed by atoms with Crippen LogP contribution in [0, 0.1) is 0 Å². The number of nitrogens with one attached hydrogen (secondary N) is 2. The summed E-state index contributed by atoms with van der Waals surface area (Å²) in [6.45, 7) is 0.599. The van der Waals surface area contributed by atoms with Gasteiger partial charge in [-0.15, -0.1) is 12.4 Å². The number of halogens is 1. The van der Waals surface area contributed by atoms with Crippen LogP contribution in [0.15, 0.2) is 30.3 Å². The zero-order valence-corrected chi connectivity index (χ0v) is 11.0. The number of aliphatic hydroxyl groups excluding tert-OH is 1. The molecule has 5 heteroatoms. The summed E-state index contributed by atoms with van der Waals surface area (Å²) in [5.41, 5.74) is 0.822. The molecule has 0 saturated heterocycles. The molecule has 1 amide bonds. The number of benzene rings is 1. The van der Waals surface area contributed by atoms with E-state index < -0.39 is 6.10 Å². The monoisotopic (exact) mass is 270 g/mol. The Kier molecular flexibility index (Phi) is 6.12. The first-order chi connectivity index (χ1) is 8.25. The predicted octanol–water partition coefficient (Wildman–Crippen LogP) is 1.01. The van der Waals surface area contributed by atoms with Crippen LogP contribution in [-0.4, -0.2) is 30.1 Å². The second-order valence-electron chi connectivity index (χ2n) is 4.39. The summed E-state index contributed by atoms with van der Waals surface area (Å²) in [5, 5.41) is 15.7. The predicted molar refractivity (Wildman–Crippen MR) is 72.7 cm³/mol. The van der Waals surface area contributed by atoms with Gasteiger partial charge in [0.05, 0.1) is 12.6 Å². The summed E-state index contributed by atoms with van der Waals surface area (Å²) in [6, 6.07) is 9.86. The molecule has 0 spiro atoms. The molecular formula is C13H19ClN2O2. The summed E-state index contributed by atoms with van der Waals surface area (Å²) in [4.78, 5) is 11.4. The fourth-order valence-corrected chi connectivity index (χ4v) is 1.59. The van der Waals surface area contributed by atoms with E-state index in [0.717, 1.165) is 5.56 Å². The topological polar surface area (TPSA) is 61.4 Å². The SMILES string of the molecule is Cl.O=C(CNC1CC1)NCC(O)c1ccccc1. The number of carbonyl (C=O) groups excluding carboxylic acids is 1. The normalized spacial score (nSPS) is 15.6. The molecule has 1 aromatic rings. The van der Waals surface area contributed by atoms with Crippen molar-refractivity contribution in [3.05, 3.63) is 35.9 Å². The zero-order chi connectivity index (χ0) is 12.1. The minimum atomic E-state index is -0.638. The van der Waals surface area contributed by atoms with Gasteiger partial charge in [-0.2, -0.15) is 0 Å². The van der Waals surface area contributed by atoms with Crippen LogP contribution in [-0.2, 0) is 4.79 Å². The summed E-state index contributed by atoms with van der Waals surface area (Å²) in [6.07, 6.45) is 1.70. The van der Waals surface area contributed by atoms with Crippen LogP contribution < -0.4 is 10.6 Å². The first-order valence-corrected chi connectivity index (χ1v) is 5.99. The maximum Gasteiger partial charge on any atom is 0.234 e. The molecule has 1 aliphatic carbocycles. The Bertz CT molecular complexity index is 369. The Morgan fingerprint density at radius 2 is 2.00 bits per heavy atom. The number of hydrogen-bond donors (Lipinski definition) is 3. The van der Waals surface area contributed by atoms with Gasteiger partial charge >= 0.3 is 0 Å². The molecular weight excluding hydrogens is 252 g/mol. The Hall–Kier alpha value is -1.10. The van der Waals surface area contributed by atoms with Crippen molar-refractivity contribution in [1.82, 2.24) is 10.6 Å². The van der Waals surface area contributed by atoms with Crippen LogP contribution in [0.4, 0.5) is 0 Å². The minimum Gasteiger partial charge on any atom is -0.387 e. The standard InChI is InChI=1S/C13H18N2O2.ClH/c16-12(10-4-2-1-3-5-10)8-15-13(17)9-14-11-6-7-11;/h1-5,11-12,14,16H,6-9H2,(H,15,17);1H. The van der Waals surface area contributed by atoms with E-state index in [1.807, 2.05) is 30.3 Å². The van der Waals surface area contributed by atoms with Gasteiger partial charge in [0.1, 0.15) is 0 Å². The molecule has 0 bridgehead atoms. The van der Waals surface area contributed by atoms with Gasteiger partial charge < -0.3 is 15.7 Å². The largest absolute Gasteiger partial charge is 0.387 e.